The van der Waals surface area contributed by atoms with Crippen molar-refractivity contribution < 1.29 is 4.79 Å². The van der Waals surface area contributed by atoms with E-state index in [2.05, 4.69) is 38.8 Å². The summed E-state index contributed by atoms with van der Waals surface area (Å²) in [7, 11) is 0. The van der Waals surface area contributed by atoms with E-state index in [-0.39, 0.29) is 11.9 Å². The van der Waals surface area contributed by atoms with Crippen molar-refractivity contribution in [1.82, 2.24) is 29.6 Å². The minimum Gasteiger partial charge on any atom is -0.345 e. The van der Waals surface area contributed by atoms with E-state index in [1.807, 2.05) is 26.0 Å². The second kappa shape index (κ2) is 7.68. The van der Waals surface area contributed by atoms with Crippen LogP contribution in [0.25, 0.3) is 11.2 Å². The number of nitrogens with zero attached hydrogens (tertiary/aromatic N) is 5. The Hall–Kier alpha value is -2.70. The highest BCUT2D eigenvalue weighted by Gasteiger charge is 2.15. The fourth-order valence-corrected chi connectivity index (χ4v) is 2.76. The third-order valence-electron chi connectivity index (χ3n) is 4.31. The number of hydrogen-bond donors (Lipinski definition) is 1. The third kappa shape index (κ3) is 3.92. The molecule has 7 nitrogen and oxygen atoms in total. The Morgan fingerprint density at radius 2 is 2.08 bits per heavy atom. The lowest BCUT2D eigenvalue weighted by molar-refractivity contribution is 0.0949. The maximum atomic E-state index is 12.4. The Balaban J connectivity index is 1.76. The zero-order chi connectivity index (χ0) is 18.7. The summed E-state index contributed by atoms with van der Waals surface area (Å²) in [5, 5.41) is 7.17. The first-order valence-corrected chi connectivity index (χ1v) is 9.08. The van der Waals surface area contributed by atoms with E-state index < -0.39 is 0 Å². The number of fused-ring (bicyclic) bond motifs is 1. The molecule has 0 bridgehead atoms. The molecule has 3 rings (SSSR count). The molecule has 3 aromatic rings. The van der Waals surface area contributed by atoms with Crippen LogP contribution in [-0.2, 0) is 13.1 Å². The molecule has 0 aliphatic rings. The van der Waals surface area contributed by atoms with Crippen LogP contribution in [0.15, 0.2) is 30.7 Å². The summed E-state index contributed by atoms with van der Waals surface area (Å²) in [6.45, 7) is 9.64. The van der Waals surface area contributed by atoms with Gasteiger partial charge in [-0.2, -0.15) is 5.10 Å². The summed E-state index contributed by atoms with van der Waals surface area (Å²) >= 11 is 0. The topological polar surface area (TPSA) is 77.6 Å². The Bertz CT molecular complexity index is 892. The average molecular weight is 354 g/mol. The minimum absolute atomic E-state index is 0.146. The van der Waals surface area contributed by atoms with E-state index in [4.69, 9.17) is 0 Å². The Kier molecular flexibility index (Phi) is 5.35. The second-order valence-electron chi connectivity index (χ2n) is 7.19. The summed E-state index contributed by atoms with van der Waals surface area (Å²) < 4.78 is 3.88. The Morgan fingerprint density at radius 3 is 2.77 bits per heavy atom. The van der Waals surface area contributed by atoms with E-state index >= 15 is 0 Å². The van der Waals surface area contributed by atoms with Gasteiger partial charge in [0.15, 0.2) is 5.65 Å². The SMILES string of the molecule is CC(C)CCn1c(CNC(=O)c2cnn(C(C)C)c2)nc2cccnc21. The number of aromatic nitrogens is 5. The summed E-state index contributed by atoms with van der Waals surface area (Å²) in [6, 6.07) is 4.06. The molecule has 1 amide bonds. The molecular weight excluding hydrogens is 328 g/mol. The molecule has 0 atom stereocenters. The molecule has 3 aromatic heterocycles. The van der Waals surface area contributed by atoms with Crippen LogP contribution in [0.1, 0.15) is 56.3 Å². The van der Waals surface area contributed by atoms with E-state index in [0.717, 1.165) is 30.0 Å². The molecule has 7 heteroatoms. The van der Waals surface area contributed by atoms with E-state index in [9.17, 15) is 4.79 Å². The number of nitrogens with one attached hydrogen (secondary N) is 1. The molecule has 0 aromatic carbocycles. The van der Waals surface area contributed by atoms with Crippen LogP contribution in [0.5, 0.6) is 0 Å². The lowest BCUT2D eigenvalue weighted by Crippen LogP contribution is -2.24. The Labute approximate surface area is 153 Å². The smallest absolute Gasteiger partial charge is 0.254 e. The number of pyridine rings is 1. The molecule has 0 fully saturated rings. The third-order valence-corrected chi connectivity index (χ3v) is 4.31. The van der Waals surface area contributed by atoms with Gasteiger partial charge in [-0.3, -0.25) is 9.48 Å². The van der Waals surface area contributed by atoms with Gasteiger partial charge in [0.05, 0.1) is 18.3 Å². The molecule has 0 saturated heterocycles. The van der Waals surface area contributed by atoms with Crippen LogP contribution >= 0.6 is 0 Å². The number of aryl methyl sites for hydroxylation is 1. The zero-order valence-corrected chi connectivity index (χ0v) is 15.8. The largest absolute Gasteiger partial charge is 0.345 e. The lowest BCUT2D eigenvalue weighted by atomic mass is 10.1. The number of hydrogen-bond acceptors (Lipinski definition) is 4. The van der Waals surface area contributed by atoms with E-state index in [1.165, 1.54) is 0 Å². The van der Waals surface area contributed by atoms with Crippen LogP contribution in [0, 0.1) is 5.92 Å². The summed E-state index contributed by atoms with van der Waals surface area (Å²) in [4.78, 5) is 21.5. The second-order valence-corrected chi connectivity index (χ2v) is 7.19. The predicted octanol–water partition coefficient (Wildman–Crippen LogP) is 3.18. The molecule has 138 valence electrons. The van der Waals surface area contributed by atoms with E-state index in [1.54, 1.807) is 23.3 Å². The highest BCUT2D eigenvalue weighted by atomic mass is 16.1. The number of imidazole rings is 1. The van der Waals surface area contributed by atoms with Crippen molar-refractivity contribution in [3.8, 4) is 0 Å². The first-order chi connectivity index (χ1) is 12.5. The normalized spacial score (nSPS) is 11.6. The van der Waals surface area contributed by atoms with Gasteiger partial charge < -0.3 is 9.88 Å². The molecule has 1 N–H and O–H groups in total. The quantitative estimate of drug-likeness (QED) is 0.707. The van der Waals surface area contributed by atoms with Crippen LogP contribution in [0.2, 0.25) is 0 Å². The van der Waals surface area contributed by atoms with Gasteiger partial charge in [0, 0.05) is 25.0 Å². The first kappa shape index (κ1) is 18.1. The van der Waals surface area contributed by atoms with Crippen molar-refractivity contribution in [2.75, 3.05) is 0 Å². The fourth-order valence-electron chi connectivity index (χ4n) is 2.76. The lowest BCUT2D eigenvalue weighted by Gasteiger charge is -2.11. The van der Waals surface area contributed by atoms with Gasteiger partial charge in [0.2, 0.25) is 0 Å². The maximum Gasteiger partial charge on any atom is 0.254 e. The highest BCUT2D eigenvalue weighted by Crippen LogP contribution is 2.16. The zero-order valence-electron chi connectivity index (χ0n) is 15.8. The van der Waals surface area contributed by atoms with Crippen LogP contribution in [0.4, 0.5) is 0 Å². The molecule has 0 aliphatic heterocycles. The number of carbonyl (C=O) groups is 1. The monoisotopic (exact) mass is 354 g/mol. The molecule has 0 spiro atoms. The van der Waals surface area contributed by atoms with Crippen LogP contribution < -0.4 is 5.32 Å². The van der Waals surface area contributed by atoms with Gasteiger partial charge in [-0.1, -0.05) is 13.8 Å². The van der Waals surface area contributed by atoms with Gasteiger partial charge in [-0.25, -0.2) is 9.97 Å². The van der Waals surface area contributed by atoms with Crippen molar-refractivity contribution in [1.29, 1.82) is 0 Å². The van der Waals surface area contributed by atoms with Gasteiger partial charge in [-0.05, 0) is 38.3 Å². The molecule has 0 unspecified atom stereocenters. The summed E-state index contributed by atoms with van der Waals surface area (Å²) in [5.74, 6) is 1.26. The molecule has 0 aliphatic carbocycles. The van der Waals surface area contributed by atoms with Crippen molar-refractivity contribution >= 4 is 17.1 Å². The molecule has 0 saturated carbocycles. The molecule has 0 radical (unpaired) electrons. The van der Waals surface area contributed by atoms with Gasteiger partial charge in [0.25, 0.3) is 5.91 Å². The summed E-state index contributed by atoms with van der Waals surface area (Å²) in [5.41, 5.74) is 2.28. The minimum atomic E-state index is -0.146. The average Bonchev–Trinajstić information content (AvgIpc) is 3.22. The number of carbonyl (C=O) groups excluding carboxylic acids is 1. The maximum absolute atomic E-state index is 12.4. The van der Waals surface area contributed by atoms with E-state index in [0.29, 0.717) is 18.0 Å². The van der Waals surface area contributed by atoms with Crippen LogP contribution in [0.3, 0.4) is 0 Å². The molecule has 26 heavy (non-hydrogen) atoms. The standard InChI is InChI=1S/C19H26N6O/c1-13(2)7-9-24-17(23-16-6-5-8-20-18(16)24)11-21-19(26)15-10-22-25(12-15)14(3)4/h5-6,8,10,12-14H,7,9,11H2,1-4H3,(H,21,26). The van der Waals surface area contributed by atoms with Crippen LogP contribution in [-0.4, -0.2) is 30.2 Å². The van der Waals surface area contributed by atoms with Gasteiger partial charge in [0.1, 0.15) is 11.3 Å². The number of rotatable bonds is 7. The predicted molar refractivity (Wildman–Crippen MR) is 101 cm³/mol. The summed E-state index contributed by atoms with van der Waals surface area (Å²) in [6.07, 6.45) is 6.17. The first-order valence-electron chi connectivity index (χ1n) is 9.08. The van der Waals surface area contributed by atoms with Crippen molar-refractivity contribution in [2.45, 2.75) is 53.2 Å². The fraction of sp³-hybridized carbons (Fsp3) is 0.474. The van der Waals surface area contributed by atoms with Crippen molar-refractivity contribution in [2.24, 2.45) is 5.92 Å². The number of amides is 1. The molecular formula is C19H26N6O. The highest BCUT2D eigenvalue weighted by molar-refractivity contribution is 5.93. The van der Waals surface area contributed by atoms with Gasteiger partial charge >= 0.3 is 0 Å². The Morgan fingerprint density at radius 1 is 1.27 bits per heavy atom. The van der Waals surface area contributed by atoms with Crippen molar-refractivity contribution in [3.05, 3.63) is 42.1 Å². The van der Waals surface area contributed by atoms with Gasteiger partial charge in [-0.15, -0.1) is 0 Å². The van der Waals surface area contributed by atoms with Crippen molar-refractivity contribution in [3.63, 3.8) is 0 Å². The molecule has 3 heterocycles.